The first-order valence-corrected chi connectivity index (χ1v) is 15.9. The molecule has 0 bridgehead atoms. The molecule has 16 heteroatoms. The molecule has 4 aliphatic heterocycles. The smallest absolute Gasteiger partial charge is 0.491 e. The van der Waals surface area contributed by atoms with Crippen molar-refractivity contribution in [2.45, 2.75) is 77.5 Å². The van der Waals surface area contributed by atoms with E-state index in [1.165, 1.54) is 0 Å². The first-order valence-electron chi connectivity index (χ1n) is 14.3. The normalized spacial score (nSPS) is 21.6. The first-order chi connectivity index (χ1) is 20.1. The zero-order valence-electron chi connectivity index (χ0n) is 26.4. The lowest BCUT2D eigenvalue weighted by Gasteiger charge is -2.25. The van der Waals surface area contributed by atoms with Crippen molar-refractivity contribution in [1.29, 1.82) is 0 Å². The molecule has 0 spiro atoms. The van der Waals surface area contributed by atoms with Crippen LogP contribution in [0.5, 0.6) is 11.5 Å². The highest BCUT2D eigenvalue weighted by Gasteiger charge is 2.47. The summed E-state index contributed by atoms with van der Waals surface area (Å²) in [6, 6.07) is 7.76. The van der Waals surface area contributed by atoms with Crippen molar-refractivity contribution < 1.29 is 37.6 Å². The van der Waals surface area contributed by atoms with E-state index >= 15 is 0 Å². The molecule has 1 amide bonds. The summed E-state index contributed by atoms with van der Waals surface area (Å²) in [5.74, 6) is 1.59. The second kappa shape index (κ2) is 14.5. The average molecular weight is 797 g/mol. The highest BCUT2D eigenvalue weighted by atomic mass is 79.9. The highest BCUT2D eigenvalue weighted by molar-refractivity contribution is 9.10. The van der Waals surface area contributed by atoms with Gasteiger partial charge in [-0.3, -0.25) is 0 Å². The van der Waals surface area contributed by atoms with E-state index < -0.39 is 31.5 Å². The minimum Gasteiger partial charge on any atom is -0.491 e. The number of hydrogen-bond acceptors (Lipinski definition) is 9. The SMILES string of the molecule is CC(C)(C)OC(=O)NCC1OB2OC(C)(C)COc3ccc(Br)c1c32.CC1(C)COc2ccc(Br)c3c2B(OC3CN)O1.Cl.Cl. The third-order valence-electron chi connectivity index (χ3n) is 7.13. The van der Waals surface area contributed by atoms with Gasteiger partial charge in [-0.25, -0.2) is 4.79 Å². The predicted octanol–water partition coefficient (Wildman–Crippen LogP) is 5.13. The van der Waals surface area contributed by atoms with E-state index in [4.69, 9.17) is 38.6 Å². The third kappa shape index (κ3) is 8.63. The zero-order chi connectivity index (χ0) is 31.3. The molecule has 0 aromatic heterocycles. The van der Waals surface area contributed by atoms with Crippen molar-refractivity contribution in [1.82, 2.24) is 5.32 Å². The van der Waals surface area contributed by atoms with Crippen LogP contribution in [0.1, 0.15) is 71.8 Å². The van der Waals surface area contributed by atoms with Crippen molar-refractivity contribution in [3.05, 3.63) is 44.3 Å². The van der Waals surface area contributed by atoms with Crippen LogP contribution in [-0.4, -0.2) is 63.4 Å². The number of benzene rings is 2. The van der Waals surface area contributed by atoms with Gasteiger partial charge in [0.15, 0.2) is 0 Å². The van der Waals surface area contributed by atoms with Crippen LogP contribution in [-0.2, 0) is 23.4 Å². The predicted molar refractivity (Wildman–Crippen MR) is 186 cm³/mol. The molecule has 10 nitrogen and oxygen atoms in total. The topological polar surface area (TPSA) is 120 Å². The summed E-state index contributed by atoms with van der Waals surface area (Å²) in [6.07, 6.45) is -0.964. The summed E-state index contributed by atoms with van der Waals surface area (Å²) in [5.41, 5.74) is 8.23. The van der Waals surface area contributed by atoms with Gasteiger partial charge in [-0.05, 0) is 83.9 Å². The number of nitrogens with one attached hydrogen (secondary N) is 1. The molecule has 3 N–H and O–H groups in total. The van der Waals surface area contributed by atoms with E-state index in [9.17, 15) is 4.79 Å². The largest absolute Gasteiger partial charge is 0.499 e. The Morgan fingerprint density at radius 2 is 1.33 bits per heavy atom. The molecule has 4 aliphatic rings. The van der Waals surface area contributed by atoms with Crippen LogP contribution in [0.2, 0.25) is 0 Å². The number of amides is 1. The molecular weight excluding hydrogens is 757 g/mol. The second-order valence-electron chi connectivity index (χ2n) is 13.1. The van der Waals surface area contributed by atoms with Crippen LogP contribution in [0.15, 0.2) is 33.2 Å². The van der Waals surface area contributed by atoms with Gasteiger partial charge in [0, 0.05) is 33.0 Å². The molecule has 45 heavy (non-hydrogen) atoms. The Hall–Kier alpha value is -1.22. The minimum absolute atomic E-state index is 0. The van der Waals surface area contributed by atoms with Gasteiger partial charge in [0.25, 0.3) is 0 Å². The number of carbonyl (C=O) groups excluding carboxylic acids is 1. The van der Waals surface area contributed by atoms with Gasteiger partial charge in [0.05, 0.1) is 23.4 Å². The molecule has 0 radical (unpaired) electrons. The summed E-state index contributed by atoms with van der Waals surface area (Å²) in [4.78, 5) is 11.9. The fraction of sp³-hybridized carbons (Fsp3) is 0.552. The van der Waals surface area contributed by atoms with Crippen LogP contribution in [0.25, 0.3) is 0 Å². The molecule has 0 aliphatic carbocycles. The Morgan fingerprint density at radius 1 is 0.889 bits per heavy atom. The molecule has 0 saturated heterocycles. The Balaban J connectivity index is 0.000000246. The number of halogens is 4. The highest BCUT2D eigenvalue weighted by Crippen LogP contribution is 2.38. The molecule has 2 aromatic rings. The molecule has 6 rings (SSSR count). The van der Waals surface area contributed by atoms with Gasteiger partial charge in [-0.2, -0.15) is 0 Å². The maximum atomic E-state index is 11.9. The standard InChI is InChI=1S/C17H23BBrNO5.C12H15BBrNO3.2ClH/c1-16(2,3)23-15(21)20-8-12-13-10(19)6-7-11-14(13)18(24-12)25-17(4,5)9-22-11;1-12(2)6-16-8-4-3-7(14)10-9(5-15)17-13(18-12)11(8)10;;/h6-7,12H,8-9H2,1-5H3,(H,20,21);3-4,9H,5-6,15H2,1-2H3;2*1H. The Morgan fingerprint density at radius 3 is 1.78 bits per heavy atom. The summed E-state index contributed by atoms with van der Waals surface area (Å²) < 4.78 is 43.0. The van der Waals surface area contributed by atoms with Gasteiger partial charge in [-0.1, -0.05) is 31.9 Å². The van der Waals surface area contributed by atoms with Gasteiger partial charge < -0.3 is 43.9 Å². The third-order valence-corrected chi connectivity index (χ3v) is 8.51. The van der Waals surface area contributed by atoms with Crippen molar-refractivity contribution >= 4 is 87.9 Å². The number of hydrogen-bond donors (Lipinski definition) is 2. The van der Waals surface area contributed by atoms with E-state index in [2.05, 4.69) is 37.2 Å². The quantitative estimate of drug-likeness (QED) is 0.408. The number of carbonyl (C=O) groups is 1. The molecular formula is C29H40B2Br2Cl2N2O8. The molecule has 2 atom stereocenters. The van der Waals surface area contributed by atoms with Crippen molar-refractivity contribution in [3.8, 4) is 11.5 Å². The number of ether oxygens (including phenoxy) is 3. The first kappa shape index (κ1) is 38.2. The summed E-state index contributed by atoms with van der Waals surface area (Å²) in [5, 5.41) is 2.77. The van der Waals surface area contributed by atoms with E-state index in [0.29, 0.717) is 19.8 Å². The van der Waals surface area contributed by atoms with Gasteiger partial charge in [0.1, 0.15) is 30.3 Å². The van der Waals surface area contributed by atoms with Crippen LogP contribution < -0.4 is 31.4 Å². The van der Waals surface area contributed by atoms with Gasteiger partial charge in [0.2, 0.25) is 0 Å². The van der Waals surface area contributed by atoms with Crippen molar-refractivity contribution in [3.63, 3.8) is 0 Å². The monoisotopic (exact) mass is 794 g/mol. The van der Waals surface area contributed by atoms with Crippen molar-refractivity contribution in [2.75, 3.05) is 26.3 Å². The zero-order valence-corrected chi connectivity index (χ0v) is 31.2. The lowest BCUT2D eigenvalue weighted by atomic mass is 9.77. The molecule has 4 heterocycles. The van der Waals surface area contributed by atoms with E-state index in [1.54, 1.807) is 0 Å². The Labute approximate surface area is 294 Å². The Kier molecular flexibility index (Phi) is 12.3. The minimum atomic E-state index is -0.545. The maximum Gasteiger partial charge on any atom is 0.499 e. The van der Waals surface area contributed by atoms with E-state index in [1.807, 2.05) is 72.7 Å². The second-order valence-corrected chi connectivity index (χ2v) is 14.8. The number of rotatable bonds is 3. The molecule has 2 unspecified atom stereocenters. The fourth-order valence-corrected chi connectivity index (χ4v) is 6.48. The van der Waals surface area contributed by atoms with E-state index in [0.717, 1.165) is 42.5 Å². The summed E-state index contributed by atoms with van der Waals surface area (Å²) >= 11 is 7.13. The molecule has 0 fully saturated rings. The van der Waals surface area contributed by atoms with Gasteiger partial charge in [-0.15, -0.1) is 24.8 Å². The van der Waals surface area contributed by atoms with Crippen LogP contribution in [0.4, 0.5) is 4.79 Å². The number of alkyl carbamates (subject to hydrolysis) is 1. The van der Waals surface area contributed by atoms with Crippen LogP contribution >= 0.6 is 56.7 Å². The Bertz CT molecular complexity index is 1400. The lowest BCUT2D eigenvalue weighted by Crippen LogP contribution is -2.41. The molecule has 0 saturated carbocycles. The van der Waals surface area contributed by atoms with Crippen LogP contribution in [0.3, 0.4) is 0 Å². The fourth-order valence-electron chi connectivity index (χ4n) is 5.28. The van der Waals surface area contributed by atoms with Crippen LogP contribution in [0, 0.1) is 0 Å². The lowest BCUT2D eigenvalue weighted by molar-refractivity contribution is 0.0249. The molecule has 2 aromatic carbocycles. The average Bonchev–Trinajstić information content (AvgIpc) is 3.37. The molecule has 248 valence electrons. The maximum absolute atomic E-state index is 11.9. The van der Waals surface area contributed by atoms with E-state index in [-0.39, 0.29) is 49.2 Å². The number of nitrogens with two attached hydrogens (primary N) is 1. The summed E-state index contributed by atoms with van der Waals surface area (Å²) in [6.45, 7) is 15.0. The van der Waals surface area contributed by atoms with Gasteiger partial charge >= 0.3 is 20.3 Å². The van der Waals surface area contributed by atoms with Crippen molar-refractivity contribution in [2.24, 2.45) is 5.73 Å². The summed E-state index contributed by atoms with van der Waals surface area (Å²) in [7, 11) is -0.913.